The lowest BCUT2D eigenvalue weighted by molar-refractivity contribution is -0.126. The first-order chi connectivity index (χ1) is 10.4. The highest BCUT2D eigenvalue weighted by atomic mass is 16.5. The Bertz CT molecular complexity index is 572. The van der Waals surface area contributed by atoms with Crippen LogP contribution in [0.2, 0.25) is 0 Å². The number of hydrogen-bond donors (Lipinski definition) is 2. The van der Waals surface area contributed by atoms with E-state index in [1.54, 1.807) is 26.2 Å². The van der Waals surface area contributed by atoms with Crippen LogP contribution in [0.1, 0.15) is 28.8 Å². The summed E-state index contributed by atoms with van der Waals surface area (Å²) < 4.78 is 5.59. The Morgan fingerprint density at radius 2 is 2.09 bits per heavy atom. The lowest BCUT2D eigenvalue weighted by atomic mass is 10.1. The van der Waals surface area contributed by atoms with Gasteiger partial charge in [0.25, 0.3) is 11.8 Å². The van der Waals surface area contributed by atoms with Crippen molar-refractivity contribution < 1.29 is 14.3 Å². The molecule has 1 fully saturated rings. The number of amides is 2. The Hall–Kier alpha value is -1.92. The van der Waals surface area contributed by atoms with Gasteiger partial charge in [0.05, 0.1) is 6.10 Å². The van der Waals surface area contributed by atoms with Crippen LogP contribution in [0, 0.1) is 6.92 Å². The number of hydrogen-bond acceptors (Lipinski definition) is 4. The van der Waals surface area contributed by atoms with E-state index in [0.29, 0.717) is 24.2 Å². The maximum absolute atomic E-state index is 12.3. The number of nitrogens with one attached hydrogen (secondary N) is 1. The minimum Gasteiger partial charge on any atom is -0.364 e. The van der Waals surface area contributed by atoms with Crippen LogP contribution >= 0.6 is 0 Å². The monoisotopic (exact) mass is 305 g/mol. The third-order valence-electron chi connectivity index (χ3n) is 3.81. The van der Waals surface area contributed by atoms with Gasteiger partial charge in [-0.25, -0.2) is 0 Å². The number of aryl methyl sites for hydroxylation is 1. The van der Waals surface area contributed by atoms with E-state index in [0.717, 1.165) is 12.0 Å². The zero-order valence-electron chi connectivity index (χ0n) is 13.3. The first-order valence-electron chi connectivity index (χ1n) is 7.41. The van der Waals surface area contributed by atoms with Crippen molar-refractivity contribution in [1.29, 1.82) is 0 Å². The molecule has 0 aliphatic carbocycles. The quantitative estimate of drug-likeness (QED) is 0.873. The molecule has 2 rings (SSSR count). The molecule has 0 saturated carbocycles. The minimum absolute atomic E-state index is 0.0431. The maximum Gasteiger partial charge on any atom is 0.253 e. The molecule has 0 spiro atoms. The second-order valence-electron chi connectivity index (χ2n) is 5.78. The third kappa shape index (κ3) is 3.64. The number of rotatable bonds is 4. The van der Waals surface area contributed by atoms with Gasteiger partial charge in [-0.15, -0.1) is 0 Å². The molecule has 1 saturated heterocycles. The van der Waals surface area contributed by atoms with E-state index in [2.05, 4.69) is 5.32 Å². The van der Waals surface area contributed by atoms with Crippen LogP contribution in [-0.2, 0) is 9.53 Å². The summed E-state index contributed by atoms with van der Waals surface area (Å²) in [7, 11) is 3.39. The van der Waals surface area contributed by atoms with Crippen molar-refractivity contribution in [3.63, 3.8) is 0 Å². The standard InChI is InChI=1S/C16H23N3O3/c1-10-4-5-11(16(21)19(2)3)8-13(10)18-15(20)14-7-6-12(9-17)22-14/h4-5,8,12,14H,6-7,9,17H2,1-3H3,(H,18,20)/t12-,14+/m1/s1. The van der Waals surface area contributed by atoms with Crippen molar-refractivity contribution in [2.45, 2.75) is 32.0 Å². The molecule has 22 heavy (non-hydrogen) atoms. The number of ether oxygens (including phenoxy) is 1. The van der Waals surface area contributed by atoms with Crippen LogP contribution < -0.4 is 11.1 Å². The van der Waals surface area contributed by atoms with Gasteiger partial charge in [-0.05, 0) is 37.5 Å². The lowest BCUT2D eigenvalue weighted by Crippen LogP contribution is -2.30. The predicted molar refractivity (Wildman–Crippen MR) is 84.8 cm³/mol. The molecular formula is C16H23N3O3. The van der Waals surface area contributed by atoms with Crippen molar-refractivity contribution in [2.75, 3.05) is 26.0 Å². The number of carbonyl (C=O) groups is 2. The second kappa shape index (κ2) is 6.89. The molecule has 1 aliphatic rings. The van der Waals surface area contributed by atoms with Gasteiger partial charge < -0.3 is 20.7 Å². The van der Waals surface area contributed by atoms with E-state index in [4.69, 9.17) is 10.5 Å². The molecule has 3 N–H and O–H groups in total. The highest BCUT2D eigenvalue weighted by Gasteiger charge is 2.30. The third-order valence-corrected chi connectivity index (χ3v) is 3.81. The number of nitrogens with zero attached hydrogens (tertiary/aromatic N) is 1. The fourth-order valence-electron chi connectivity index (χ4n) is 2.43. The van der Waals surface area contributed by atoms with Gasteiger partial charge in [-0.3, -0.25) is 9.59 Å². The van der Waals surface area contributed by atoms with Crippen molar-refractivity contribution in [1.82, 2.24) is 4.90 Å². The van der Waals surface area contributed by atoms with Gasteiger partial charge in [0.1, 0.15) is 6.10 Å². The molecule has 1 aromatic rings. The van der Waals surface area contributed by atoms with Crippen LogP contribution in [-0.4, -0.2) is 49.6 Å². The highest BCUT2D eigenvalue weighted by Crippen LogP contribution is 2.22. The van der Waals surface area contributed by atoms with Gasteiger partial charge in [0, 0.05) is 31.9 Å². The van der Waals surface area contributed by atoms with E-state index in [9.17, 15) is 9.59 Å². The van der Waals surface area contributed by atoms with Crippen LogP contribution in [0.5, 0.6) is 0 Å². The molecule has 1 aliphatic heterocycles. The molecule has 0 radical (unpaired) electrons. The number of benzene rings is 1. The molecule has 6 nitrogen and oxygen atoms in total. The fourth-order valence-corrected chi connectivity index (χ4v) is 2.43. The number of nitrogens with two attached hydrogens (primary N) is 1. The van der Waals surface area contributed by atoms with Crippen molar-refractivity contribution >= 4 is 17.5 Å². The Kier molecular flexibility index (Phi) is 5.15. The van der Waals surface area contributed by atoms with Gasteiger partial charge in [-0.2, -0.15) is 0 Å². The summed E-state index contributed by atoms with van der Waals surface area (Å²) in [4.78, 5) is 25.8. The topological polar surface area (TPSA) is 84.7 Å². The molecule has 2 amide bonds. The average Bonchev–Trinajstić information content (AvgIpc) is 2.97. The SMILES string of the molecule is Cc1ccc(C(=O)N(C)C)cc1NC(=O)[C@@H]1CC[C@H](CN)O1. The van der Waals surface area contributed by atoms with E-state index >= 15 is 0 Å². The predicted octanol–water partition coefficient (Wildman–Crippen LogP) is 1.14. The zero-order valence-corrected chi connectivity index (χ0v) is 13.3. The van der Waals surface area contributed by atoms with Gasteiger partial charge in [0.2, 0.25) is 0 Å². The Morgan fingerprint density at radius 3 is 2.68 bits per heavy atom. The summed E-state index contributed by atoms with van der Waals surface area (Å²) in [5, 5.41) is 2.86. The molecule has 0 unspecified atom stereocenters. The fraction of sp³-hybridized carbons (Fsp3) is 0.500. The normalized spacial score (nSPS) is 20.7. The van der Waals surface area contributed by atoms with E-state index in [1.807, 2.05) is 13.0 Å². The minimum atomic E-state index is -0.471. The Morgan fingerprint density at radius 1 is 1.36 bits per heavy atom. The molecule has 2 atom stereocenters. The molecule has 1 heterocycles. The Labute approximate surface area is 130 Å². The summed E-state index contributed by atoms with van der Waals surface area (Å²) in [5.74, 6) is -0.288. The van der Waals surface area contributed by atoms with Gasteiger partial charge in [0.15, 0.2) is 0 Å². The van der Waals surface area contributed by atoms with Crippen LogP contribution in [0.15, 0.2) is 18.2 Å². The van der Waals surface area contributed by atoms with Crippen molar-refractivity contribution in [2.24, 2.45) is 5.73 Å². The first-order valence-corrected chi connectivity index (χ1v) is 7.41. The lowest BCUT2D eigenvalue weighted by Gasteiger charge is -2.16. The molecule has 0 aromatic heterocycles. The van der Waals surface area contributed by atoms with Crippen LogP contribution in [0.25, 0.3) is 0 Å². The summed E-state index contributed by atoms with van der Waals surface area (Å²) >= 11 is 0. The highest BCUT2D eigenvalue weighted by molar-refractivity contribution is 5.98. The summed E-state index contributed by atoms with van der Waals surface area (Å²) in [6.07, 6.45) is 0.954. The van der Waals surface area contributed by atoms with Crippen molar-refractivity contribution in [3.8, 4) is 0 Å². The van der Waals surface area contributed by atoms with E-state index < -0.39 is 6.10 Å². The zero-order chi connectivity index (χ0) is 16.3. The number of anilines is 1. The molecule has 6 heteroatoms. The van der Waals surface area contributed by atoms with Crippen molar-refractivity contribution in [3.05, 3.63) is 29.3 Å². The molecule has 0 bridgehead atoms. The molecule has 1 aromatic carbocycles. The summed E-state index contributed by atoms with van der Waals surface area (Å²) in [6.45, 7) is 2.31. The maximum atomic E-state index is 12.3. The number of carbonyl (C=O) groups excluding carboxylic acids is 2. The Balaban J connectivity index is 2.10. The average molecular weight is 305 g/mol. The van der Waals surface area contributed by atoms with E-state index in [-0.39, 0.29) is 17.9 Å². The molecule has 120 valence electrons. The van der Waals surface area contributed by atoms with E-state index in [1.165, 1.54) is 4.90 Å². The second-order valence-corrected chi connectivity index (χ2v) is 5.78. The van der Waals surface area contributed by atoms with Crippen LogP contribution in [0.3, 0.4) is 0 Å². The molecular weight excluding hydrogens is 282 g/mol. The summed E-state index contributed by atoms with van der Waals surface area (Å²) in [5.41, 5.74) is 7.63. The van der Waals surface area contributed by atoms with Gasteiger partial charge >= 0.3 is 0 Å². The largest absolute Gasteiger partial charge is 0.364 e. The summed E-state index contributed by atoms with van der Waals surface area (Å²) in [6, 6.07) is 5.28. The first kappa shape index (κ1) is 16.5. The van der Waals surface area contributed by atoms with Crippen LogP contribution in [0.4, 0.5) is 5.69 Å². The van der Waals surface area contributed by atoms with Gasteiger partial charge in [-0.1, -0.05) is 6.07 Å². The smallest absolute Gasteiger partial charge is 0.253 e.